The summed E-state index contributed by atoms with van der Waals surface area (Å²) in [5.41, 5.74) is 2.31. The van der Waals surface area contributed by atoms with Crippen molar-refractivity contribution in [3.05, 3.63) is 131 Å². The van der Waals surface area contributed by atoms with Gasteiger partial charge in [0.05, 0.1) is 0 Å². The van der Waals surface area contributed by atoms with Crippen molar-refractivity contribution in [3.8, 4) is 11.5 Å². The van der Waals surface area contributed by atoms with Gasteiger partial charge in [0, 0.05) is 27.3 Å². The van der Waals surface area contributed by atoms with E-state index in [0.29, 0.717) is 33.8 Å². The van der Waals surface area contributed by atoms with Gasteiger partial charge < -0.3 is 0 Å². The Labute approximate surface area is 179 Å². The van der Waals surface area contributed by atoms with Crippen LogP contribution in [0.2, 0.25) is 0 Å². The van der Waals surface area contributed by atoms with Gasteiger partial charge in [0.1, 0.15) is 0 Å². The Balaban J connectivity index is 1.30. The Bertz CT molecular complexity index is 1060. The van der Waals surface area contributed by atoms with Crippen LogP contribution in [0.5, 0.6) is 11.5 Å². The number of hydrogen-bond donors (Lipinski definition) is 0. The van der Waals surface area contributed by atoms with Gasteiger partial charge in [0.2, 0.25) is 0 Å². The predicted molar refractivity (Wildman–Crippen MR) is 115 cm³/mol. The lowest BCUT2D eigenvalue weighted by molar-refractivity contribution is -0.411. The summed E-state index contributed by atoms with van der Waals surface area (Å²) < 4.78 is 0. The first kappa shape index (κ1) is 20.1. The van der Waals surface area contributed by atoms with Crippen LogP contribution in [0.15, 0.2) is 109 Å². The van der Waals surface area contributed by atoms with Gasteiger partial charge in [-0.3, -0.25) is 19.4 Å². The number of ketones is 2. The summed E-state index contributed by atoms with van der Waals surface area (Å²) in [7, 11) is 0. The third-order valence-electron chi connectivity index (χ3n) is 4.57. The molecule has 0 bridgehead atoms. The predicted octanol–water partition coefficient (Wildman–Crippen LogP) is 5.45. The highest BCUT2D eigenvalue weighted by Crippen LogP contribution is 2.18. The second-order valence-electron chi connectivity index (χ2n) is 6.67. The van der Waals surface area contributed by atoms with E-state index in [2.05, 4.69) is 0 Å². The Morgan fingerprint density at radius 3 is 1.10 bits per heavy atom. The molecule has 5 nitrogen and oxygen atoms in total. The van der Waals surface area contributed by atoms with Gasteiger partial charge in [-0.25, -0.2) is 0 Å². The molecule has 31 heavy (non-hydrogen) atoms. The molecule has 0 unspecified atom stereocenters. The average molecular weight is 410 g/mol. The highest BCUT2D eigenvalue weighted by atomic mass is 17.5. The van der Waals surface area contributed by atoms with Crippen LogP contribution in [0.1, 0.15) is 31.8 Å². The Morgan fingerprint density at radius 1 is 0.419 bits per heavy atom. The summed E-state index contributed by atoms with van der Waals surface area (Å²) in [6.45, 7) is 0. The standard InChI is InChI=1S/C26H18O5/c27-25(19-7-3-1-4-8-19)21-11-15-23(16-12-21)29-31-30-24-17-13-22(14-18-24)26(28)20-9-5-2-6-10-20/h1-18H. The van der Waals surface area contributed by atoms with Crippen LogP contribution in [0.25, 0.3) is 0 Å². The van der Waals surface area contributed by atoms with Crippen molar-refractivity contribution in [2.45, 2.75) is 0 Å². The van der Waals surface area contributed by atoms with E-state index < -0.39 is 0 Å². The molecule has 4 aromatic rings. The third-order valence-corrected chi connectivity index (χ3v) is 4.57. The molecule has 0 aliphatic heterocycles. The van der Waals surface area contributed by atoms with Gasteiger partial charge in [-0.05, 0) is 48.5 Å². The molecule has 4 rings (SSSR count). The second-order valence-corrected chi connectivity index (χ2v) is 6.67. The van der Waals surface area contributed by atoms with Crippen molar-refractivity contribution in [2.24, 2.45) is 0 Å². The number of carbonyl (C=O) groups is 2. The minimum absolute atomic E-state index is 0.0746. The molecule has 152 valence electrons. The van der Waals surface area contributed by atoms with Crippen molar-refractivity contribution in [2.75, 3.05) is 0 Å². The maximum atomic E-state index is 12.4. The van der Waals surface area contributed by atoms with Gasteiger partial charge in [-0.2, -0.15) is 0 Å². The maximum Gasteiger partial charge on any atom is 0.193 e. The lowest BCUT2D eigenvalue weighted by atomic mass is 10.0. The zero-order valence-corrected chi connectivity index (χ0v) is 16.4. The summed E-state index contributed by atoms with van der Waals surface area (Å²) in [5, 5.41) is 4.81. The van der Waals surface area contributed by atoms with E-state index in [1.807, 2.05) is 36.4 Å². The van der Waals surface area contributed by atoms with E-state index in [1.165, 1.54) is 0 Å². The van der Waals surface area contributed by atoms with Gasteiger partial charge in [-0.15, -0.1) is 0 Å². The molecule has 0 saturated heterocycles. The number of rotatable bonds is 8. The minimum Gasteiger partial charge on any atom is -0.299 e. The molecule has 4 aromatic carbocycles. The molecule has 0 radical (unpaired) electrons. The summed E-state index contributed by atoms with van der Waals surface area (Å²) in [6.07, 6.45) is 0. The zero-order chi connectivity index (χ0) is 21.5. The molecule has 0 aromatic heterocycles. The lowest BCUT2D eigenvalue weighted by Gasteiger charge is -2.06. The Kier molecular flexibility index (Phi) is 6.16. The van der Waals surface area contributed by atoms with Gasteiger partial charge in [-0.1, -0.05) is 60.7 Å². The topological polar surface area (TPSA) is 61.8 Å². The molecular formula is C26H18O5. The van der Waals surface area contributed by atoms with E-state index in [4.69, 9.17) is 14.8 Å². The molecule has 0 heterocycles. The van der Waals surface area contributed by atoms with Crippen LogP contribution in [0, 0.1) is 0 Å². The summed E-state index contributed by atoms with van der Waals surface area (Å²) >= 11 is 0. The highest BCUT2D eigenvalue weighted by molar-refractivity contribution is 6.09. The SMILES string of the molecule is O=C(c1ccccc1)c1ccc(OOOc2ccc(C(=O)c3ccccc3)cc2)cc1. The van der Waals surface area contributed by atoms with E-state index in [-0.39, 0.29) is 11.6 Å². The fourth-order valence-electron chi connectivity index (χ4n) is 2.93. The van der Waals surface area contributed by atoms with Crippen molar-refractivity contribution >= 4 is 11.6 Å². The van der Waals surface area contributed by atoms with E-state index in [9.17, 15) is 9.59 Å². The largest absolute Gasteiger partial charge is 0.299 e. The molecule has 0 saturated carbocycles. The number of carbonyl (C=O) groups excluding carboxylic acids is 2. The third kappa shape index (κ3) is 5.04. The smallest absolute Gasteiger partial charge is 0.193 e. The van der Waals surface area contributed by atoms with Crippen LogP contribution in [0.4, 0.5) is 0 Å². The second kappa shape index (κ2) is 9.52. The quantitative estimate of drug-likeness (QED) is 0.219. The average Bonchev–Trinajstić information content (AvgIpc) is 2.85. The minimum atomic E-state index is -0.0746. The molecule has 0 spiro atoms. The first-order valence-electron chi connectivity index (χ1n) is 9.61. The van der Waals surface area contributed by atoms with Gasteiger partial charge in [0.15, 0.2) is 23.1 Å². The molecule has 5 heteroatoms. The van der Waals surface area contributed by atoms with Crippen molar-refractivity contribution in [1.82, 2.24) is 0 Å². The normalized spacial score (nSPS) is 10.3. The fraction of sp³-hybridized carbons (Fsp3) is 0. The van der Waals surface area contributed by atoms with Crippen LogP contribution >= 0.6 is 0 Å². The fourth-order valence-corrected chi connectivity index (χ4v) is 2.93. The van der Waals surface area contributed by atoms with Gasteiger partial charge >= 0.3 is 0 Å². The maximum absolute atomic E-state index is 12.4. The Hall–Kier alpha value is -4.22. The van der Waals surface area contributed by atoms with Crippen molar-refractivity contribution in [3.63, 3.8) is 0 Å². The van der Waals surface area contributed by atoms with Gasteiger partial charge in [0.25, 0.3) is 0 Å². The monoisotopic (exact) mass is 410 g/mol. The van der Waals surface area contributed by atoms with Crippen LogP contribution in [0.3, 0.4) is 0 Å². The number of benzene rings is 4. The molecule has 0 N–H and O–H groups in total. The first-order chi connectivity index (χ1) is 15.2. The van der Waals surface area contributed by atoms with Crippen LogP contribution in [-0.4, -0.2) is 11.6 Å². The summed E-state index contributed by atoms with van der Waals surface area (Å²) in [5.74, 6) is 0.602. The summed E-state index contributed by atoms with van der Waals surface area (Å²) in [4.78, 5) is 35.0. The van der Waals surface area contributed by atoms with E-state index in [0.717, 1.165) is 0 Å². The molecule has 0 atom stereocenters. The molecule has 0 aliphatic rings. The first-order valence-corrected chi connectivity index (χ1v) is 9.61. The Morgan fingerprint density at radius 2 is 0.742 bits per heavy atom. The molecular weight excluding hydrogens is 392 g/mol. The van der Waals surface area contributed by atoms with Crippen molar-refractivity contribution in [1.29, 1.82) is 0 Å². The zero-order valence-electron chi connectivity index (χ0n) is 16.4. The molecule has 0 amide bonds. The lowest BCUT2D eigenvalue weighted by Crippen LogP contribution is -2.04. The van der Waals surface area contributed by atoms with Crippen molar-refractivity contribution < 1.29 is 24.4 Å². The van der Waals surface area contributed by atoms with E-state index in [1.54, 1.807) is 72.8 Å². The van der Waals surface area contributed by atoms with Crippen LogP contribution < -0.4 is 9.78 Å². The molecule has 0 fully saturated rings. The molecule has 0 aliphatic carbocycles. The highest BCUT2D eigenvalue weighted by Gasteiger charge is 2.10. The number of hydrogen-bond acceptors (Lipinski definition) is 5. The summed E-state index contributed by atoms with van der Waals surface area (Å²) in [6, 6.07) is 31.1. The van der Waals surface area contributed by atoms with Crippen LogP contribution in [-0.2, 0) is 5.04 Å². The van der Waals surface area contributed by atoms with E-state index >= 15 is 0 Å².